The Hall–Kier alpha value is -1.75. The topological polar surface area (TPSA) is 50.8 Å². The van der Waals surface area contributed by atoms with Crippen molar-refractivity contribution >= 4 is 5.91 Å². The highest BCUT2D eigenvalue weighted by atomic mass is 16.5. The fourth-order valence-electron chi connectivity index (χ4n) is 2.25. The number of carbonyl (C=O) groups excluding carboxylic acids is 1. The van der Waals surface area contributed by atoms with E-state index < -0.39 is 0 Å². The molecule has 5 nitrogen and oxygen atoms in total. The number of methoxy groups -OCH3 is 2. The first-order chi connectivity index (χ1) is 10.1. The van der Waals surface area contributed by atoms with E-state index in [-0.39, 0.29) is 11.9 Å². The molecule has 1 atom stereocenters. The van der Waals surface area contributed by atoms with Crippen molar-refractivity contribution < 1.29 is 14.3 Å². The van der Waals surface area contributed by atoms with E-state index in [1.54, 1.807) is 14.2 Å². The molecule has 0 saturated heterocycles. The summed E-state index contributed by atoms with van der Waals surface area (Å²) in [4.78, 5) is 14.0. The number of hydrogen-bond acceptors (Lipinski definition) is 4. The van der Waals surface area contributed by atoms with E-state index in [4.69, 9.17) is 9.47 Å². The van der Waals surface area contributed by atoms with Crippen LogP contribution >= 0.6 is 0 Å². The Morgan fingerprint density at radius 1 is 1.24 bits per heavy atom. The van der Waals surface area contributed by atoms with Gasteiger partial charge < -0.3 is 19.7 Å². The Morgan fingerprint density at radius 3 is 2.43 bits per heavy atom. The van der Waals surface area contributed by atoms with Gasteiger partial charge in [-0.2, -0.15) is 0 Å². The monoisotopic (exact) mass is 294 g/mol. The lowest BCUT2D eigenvalue weighted by molar-refractivity contribution is -0.132. The van der Waals surface area contributed by atoms with Crippen LogP contribution in [0.4, 0.5) is 0 Å². The first-order valence-electron chi connectivity index (χ1n) is 7.30. The van der Waals surface area contributed by atoms with E-state index >= 15 is 0 Å². The van der Waals surface area contributed by atoms with Crippen LogP contribution in [0.25, 0.3) is 0 Å². The molecular weight excluding hydrogens is 268 g/mol. The van der Waals surface area contributed by atoms with E-state index in [0.29, 0.717) is 18.0 Å². The van der Waals surface area contributed by atoms with Crippen LogP contribution in [-0.2, 0) is 11.3 Å². The molecule has 5 heteroatoms. The van der Waals surface area contributed by atoms with Crippen LogP contribution in [0.15, 0.2) is 18.2 Å². The maximum Gasteiger partial charge on any atom is 0.239 e. The minimum atomic E-state index is -0.235. The van der Waals surface area contributed by atoms with Crippen LogP contribution < -0.4 is 14.8 Å². The third-order valence-corrected chi connectivity index (χ3v) is 3.53. The van der Waals surface area contributed by atoms with Crippen molar-refractivity contribution in [2.75, 3.05) is 27.3 Å². The summed E-state index contributed by atoms with van der Waals surface area (Å²) in [5, 5.41) is 3.25. The second kappa shape index (κ2) is 8.52. The van der Waals surface area contributed by atoms with E-state index in [9.17, 15) is 4.79 Å². The van der Waals surface area contributed by atoms with Crippen molar-refractivity contribution in [1.29, 1.82) is 0 Å². The predicted octanol–water partition coefficient (Wildman–Crippen LogP) is 2.05. The first-order valence-corrected chi connectivity index (χ1v) is 7.30. The zero-order valence-corrected chi connectivity index (χ0v) is 13.6. The Balaban J connectivity index is 2.73. The summed E-state index contributed by atoms with van der Waals surface area (Å²) in [6, 6.07) is 5.49. The van der Waals surface area contributed by atoms with Crippen molar-refractivity contribution in [3.8, 4) is 11.5 Å². The molecule has 0 spiro atoms. The molecule has 0 heterocycles. The Labute approximate surface area is 127 Å². The van der Waals surface area contributed by atoms with Crippen LogP contribution in [0.3, 0.4) is 0 Å². The van der Waals surface area contributed by atoms with Gasteiger partial charge in [-0.1, -0.05) is 12.1 Å². The summed E-state index contributed by atoms with van der Waals surface area (Å²) in [6.45, 7) is 7.86. The summed E-state index contributed by atoms with van der Waals surface area (Å²) in [5.41, 5.74) is 0.969. The van der Waals surface area contributed by atoms with Gasteiger partial charge in [0, 0.05) is 25.2 Å². The molecule has 0 bridgehead atoms. The molecule has 0 aliphatic heterocycles. The number of likely N-dealkylation sites (N-methyl/N-ethyl adjacent to an activating group) is 1. The van der Waals surface area contributed by atoms with Gasteiger partial charge in [-0.05, 0) is 26.8 Å². The minimum Gasteiger partial charge on any atom is -0.493 e. The third-order valence-electron chi connectivity index (χ3n) is 3.53. The van der Waals surface area contributed by atoms with Crippen LogP contribution in [0, 0.1) is 0 Å². The molecule has 0 aliphatic rings. The van der Waals surface area contributed by atoms with Crippen LogP contribution in [-0.4, -0.2) is 44.2 Å². The molecular formula is C16H26N2O3. The highest BCUT2D eigenvalue weighted by molar-refractivity contribution is 5.81. The quantitative estimate of drug-likeness (QED) is 0.797. The molecule has 1 aromatic carbocycles. The van der Waals surface area contributed by atoms with Gasteiger partial charge in [-0.3, -0.25) is 4.79 Å². The molecule has 0 fully saturated rings. The highest BCUT2D eigenvalue weighted by Gasteiger charge is 2.18. The van der Waals surface area contributed by atoms with E-state index in [2.05, 4.69) is 5.32 Å². The summed E-state index contributed by atoms with van der Waals surface area (Å²) in [6.07, 6.45) is 0. The second-order valence-corrected chi connectivity index (χ2v) is 4.77. The number of ether oxygens (including phenoxy) is 2. The molecule has 1 N–H and O–H groups in total. The number of nitrogens with zero attached hydrogens (tertiary/aromatic N) is 1. The fourth-order valence-corrected chi connectivity index (χ4v) is 2.25. The van der Waals surface area contributed by atoms with Gasteiger partial charge in [0.15, 0.2) is 11.5 Å². The van der Waals surface area contributed by atoms with Gasteiger partial charge in [-0.15, -0.1) is 0 Å². The molecule has 0 saturated carbocycles. The lowest BCUT2D eigenvalue weighted by atomic mass is 10.1. The third kappa shape index (κ3) is 4.36. The standard InChI is InChI=1S/C16H26N2O3/c1-6-18(7-2)16(19)12(3)17-11-13-9-8-10-14(20-4)15(13)21-5/h8-10,12,17H,6-7,11H2,1-5H3. The molecule has 1 unspecified atom stereocenters. The van der Waals surface area contributed by atoms with Gasteiger partial charge in [0.05, 0.1) is 20.3 Å². The second-order valence-electron chi connectivity index (χ2n) is 4.77. The number of rotatable bonds is 8. The Bertz CT molecular complexity index is 459. The SMILES string of the molecule is CCN(CC)C(=O)C(C)NCc1cccc(OC)c1OC. The maximum atomic E-state index is 12.2. The van der Waals surface area contributed by atoms with E-state index in [1.165, 1.54) is 0 Å². The van der Waals surface area contributed by atoms with Crippen LogP contribution in [0.5, 0.6) is 11.5 Å². The normalized spacial score (nSPS) is 11.9. The minimum absolute atomic E-state index is 0.113. The number of para-hydroxylation sites is 1. The average Bonchev–Trinajstić information content (AvgIpc) is 2.52. The number of amides is 1. The predicted molar refractivity (Wildman–Crippen MR) is 83.8 cm³/mol. The molecule has 1 aromatic rings. The Kier molecular flexibility index (Phi) is 7.02. The zero-order valence-electron chi connectivity index (χ0n) is 13.6. The van der Waals surface area contributed by atoms with E-state index in [0.717, 1.165) is 18.7 Å². The number of benzene rings is 1. The van der Waals surface area contributed by atoms with Gasteiger partial charge in [0.2, 0.25) is 5.91 Å². The summed E-state index contributed by atoms with van der Waals surface area (Å²) >= 11 is 0. The largest absolute Gasteiger partial charge is 0.493 e. The van der Waals surface area contributed by atoms with Gasteiger partial charge >= 0.3 is 0 Å². The highest BCUT2D eigenvalue weighted by Crippen LogP contribution is 2.30. The van der Waals surface area contributed by atoms with Crippen molar-refractivity contribution in [1.82, 2.24) is 10.2 Å². The van der Waals surface area contributed by atoms with Crippen molar-refractivity contribution in [3.63, 3.8) is 0 Å². The molecule has 0 aliphatic carbocycles. The van der Waals surface area contributed by atoms with Crippen LogP contribution in [0.2, 0.25) is 0 Å². The smallest absolute Gasteiger partial charge is 0.239 e. The maximum absolute atomic E-state index is 12.2. The molecule has 1 amide bonds. The molecule has 21 heavy (non-hydrogen) atoms. The fraction of sp³-hybridized carbons (Fsp3) is 0.562. The number of carbonyl (C=O) groups is 1. The number of nitrogens with one attached hydrogen (secondary N) is 1. The zero-order chi connectivity index (χ0) is 15.8. The average molecular weight is 294 g/mol. The van der Waals surface area contributed by atoms with Crippen molar-refractivity contribution in [2.45, 2.75) is 33.4 Å². The summed E-state index contributed by atoms with van der Waals surface area (Å²) in [7, 11) is 3.23. The van der Waals surface area contributed by atoms with Crippen molar-refractivity contribution in [3.05, 3.63) is 23.8 Å². The van der Waals surface area contributed by atoms with Crippen molar-refractivity contribution in [2.24, 2.45) is 0 Å². The van der Waals surface area contributed by atoms with Gasteiger partial charge in [0.1, 0.15) is 0 Å². The summed E-state index contributed by atoms with van der Waals surface area (Å²) < 4.78 is 10.7. The van der Waals surface area contributed by atoms with E-state index in [1.807, 2.05) is 43.9 Å². The lowest BCUT2D eigenvalue weighted by Gasteiger charge is -2.24. The van der Waals surface area contributed by atoms with Gasteiger partial charge in [-0.25, -0.2) is 0 Å². The molecule has 0 aromatic heterocycles. The van der Waals surface area contributed by atoms with Gasteiger partial charge in [0.25, 0.3) is 0 Å². The first kappa shape index (κ1) is 17.3. The molecule has 1 rings (SSSR count). The Morgan fingerprint density at radius 2 is 1.90 bits per heavy atom. The molecule has 118 valence electrons. The molecule has 0 radical (unpaired) electrons. The summed E-state index contributed by atoms with van der Waals surface area (Å²) in [5.74, 6) is 1.51. The number of hydrogen-bond donors (Lipinski definition) is 1. The van der Waals surface area contributed by atoms with Crippen LogP contribution in [0.1, 0.15) is 26.3 Å². The lowest BCUT2D eigenvalue weighted by Crippen LogP contribution is -2.44.